The van der Waals surface area contributed by atoms with Gasteiger partial charge in [0.2, 0.25) is 5.91 Å². The highest BCUT2D eigenvalue weighted by atomic mass is 16.5. The van der Waals surface area contributed by atoms with Gasteiger partial charge in [0.15, 0.2) is 5.82 Å². The zero-order valence-corrected chi connectivity index (χ0v) is 15.5. The summed E-state index contributed by atoms with van der Waals surface area (Å²) in [7, 11) is 0. The maximum atomic E-state index is 12.7. The minimum atomic E-state index is -0.424. The van der Waals surface area contributed by atoms with Crippen LogP contribution in [0.5, 0.6) is 0 Å². The van der Waals surface area contributed by atoms with Gasteiger partial charge in [-0.05, 0) is 44.0 Å². The van der Waals surface area contributed by atoms with Gasteiger partial charge in [0.1, 0.15) is 12.3 Å². The molecule has 3 rings (SSSR count). The second-order valence-electron chi connectivity index (χ2n) is 6.51. The van der Waals surface area contributed by atoms with Crippen LogP contribution in [0.25, 0.3) is 0 Å². The molecule has 1 fully saturated rings. The third kappa shape index (κ3) is 5.31. The van der Waals surface area contributed by atoms with Gasteiger partial charge in [-0.25, -0.2) is 4.79 Å². The molecule has 0 spiro atoms. The number of nitrogens with one attached hydrogen (secondary N) is 2. The van der Waals surface area contributed by atoms with Crippen molar-refractivity contribution in [3.8, 4) is 6.07 Å². The number of rotatable bonds is 6. The average molecular weight is 383 g/mol. The van der Waals surface area contributed by atoms with E-state index >= 15 is 0 Å². The molecular weight excluding hydrogens is 362 g/mol. The van der Waals surface area contributed by atoms with E-state index in [0.29, 0.717) is 36.0 Å². The van der Waals surface area contributed by atoms with Crippen molar-refractivity contribution < 1.29 is 18.8 Å². The van der Waals surface area contributed by atoms with Gasteiger partial charge in [-0.2, -0.15) is 5.26 Å². The predicted octanol–water partition coefficient (Wildman–Crippen LogP) is 2.51. The SMILES string of the molecule is Cc1cc(NC(=O)CN(C[C@@H]2CCCO2)C(=O)Nc2ccc(C#N)cc2)no1. The van der Waals surface area contributed by atoms with Gasteiger partial charge in [0.05, 0.1) is 17.7 Å². The van der Waals surface area contributed by atoms with Crippen molar-refractivity contribution in [3.05, 3.63) is 41.7 Å². The molecule has 2 N–H and O–H groups in total. The van der Waals surface area contributed by atoms with E-state index in [2.05, 4.69) is 15.8 Å². The number of nitriles is 1. The van der Waals surface area contributed by atoms with Gasteiger partial charge in [0, 0.05) is 24.9 Å². The van der Waals surface area contributed by atoms with Gasteiger partial charge < -0.3 is 24.8 Å². The molecule has 3 amide bonds. The van der Waals surface area contributed by atoms with Crippen LogP contribution in [0.1, 0.15) is 24.2 Å². The number of urea groups is 1. The highest BCUT2D eigenvalue weighted by Crippen LogP contribution is 2.15. The predicted molar refractivity (Wildman–Crippen MR) is 101 cm³/mol. The zero-order valence-electron chi connectivity index (χ0n) is 15.5. The number of aromatic nitrogens is 1. The molecule has 2 heterocycles. The quantitative estimate of drug-likeness (QED) is 0.791. The van der Waals surface area contributed by atoms with Crippen LogP contribution in [0.4, 0.5) is 16.3 Å². The monoisotopic (exact) mass is 383 g/mol. The van der Waals surface area contributed by atoms with Gasteiger partial charge >= 0.3 is 6.03 Å². The van der Waals surface area contributed by atoms with Crippen LogP contribution in [0.15, 0.2) is 34.9 Å². The Kier molecular flexibility index (Phi) is 6.24. The van der Waals surface area contributed by atoms with E-state index in [4.69, 9.17) is 14.5 Å². The van der Waals surface area contributed by atoms with Gasteiger partial charge in [-0.3, -0.25) is 4.79 Å². The summed E-state index contributed by atoms with van der Waals surface area (Å²) in [6.07, 6.45) is 1.67. The third-order valence-corrected chi connectivity index (χ3v) is 4.23. The lowest BCUT2D eigenvalue weighted by Crippen LogP contribution is -2.44. The maximum Gasteiger partial charge on any atom is 0.322 e. The molecule has 0 unspecified atom stereocenters. The summed E-state index contributed by atoms with van der Waals surface area (Å²) in [6, 6.07) is 9.69. The lowest BCUT2D eigenvalue weighted by Gasteiger charge is -2.25. The van der Waals surface area contributed by atoms with E-state index < -0.39 is 6.03 Å². The number of nitrogens with zero attached hydrogens (tertiary/aromatic N) is 3. The van der Waals surface area contributed by atoms with E-state index in [0.717, 1.165) is 12.8 Å². The fraction of sp³-hybridized carbons (Fsp3) is 0.368. The van der Waals surface area contributed by atoms with Crippen molar-refractivity contribution in [1.29, 1.82) is 5.26 Å². The molecule has 146 valence electrons. The molecule has 1 saturated heterocycles. The van der Waals surface area contributed by atoms with Crippen LogP contribution < -0.4 is 10.6 Å². The molecule has 28 heavy (non-hydrogen) atoms. The molecule has 0 bridgehead atoms. The molecule has 1 aliphatic heterocycles. The highest BCUT2D eigenvalue weighted by molar-refractivity contribution is 5.96. The molecule has 2 aromatic rings. The molecule has 9 nitrogen and oxygen atoms in total. The first-order valence-electron chi connectivity index (χ1n) is 8.94. The van der Waals surface area contributed by atoms with Crippen molar-refractivity contribution >= 4 is 23.4 Å². The third-order valence-electron chi connectivity index (χ3n) is 4.23. The number of anilines is 2. The van der Waals surface area contributed by atoms with Gasteiger partial charge in [-0.1, -0.05) is 5.16 Å². The number of benzene rings is 1. The second-order valence-corrected chi connectivity index (χ2v) is 6.51. The van der Waals surface area contributed by atoms with Gasteiger partial charge in [-0.15, -0.1) is 0 Å². The topological polar surface area (TPSA) is 120 Å². The minimum absolute atomic E-state index is 0.103. The van der Waals surface area contributed by atoms with Crippen molar-refractivity contribution in [3.63, 3.8) is 0 Å². The van der Waals surface area contributed by atoms with Gasteiger partial charge in [0.25, 0.3) is 0 Å². The normalized spacial score (nSPS) is 15.6. The molecular formula is C19H21N5O4. The van der Waals surface area contributed by atoms with Crippen LogP contribution in [0.2, 0.25) is 0 Å². The second kappa shape index (κ2) is 9.01. The Morgan fingerprint density at radius 1 is 1.32 bits per heavy atom. The average Bonchev–Trinajstić information content (AvgIpc) is 3.33. The highest BCUT2D eigenvalue weighted by Gasteiger charge is 2.25. The molecule has 9 heteroatoms. The lowest BCUT2D eigenvalue weighted by atomic mass is 10.2. The zero-order chi connectivity index (χ0) is 19.9. The molecule has 0 radical (unpaired) electrons. The van der Waals surface area contributed by atoms with Crippen molar-refractivity contribution in [1.82, 2.24) is 10.1 Å². The smallest absolute Gasteiger partial charge is 0.322 e. The molecule has 0 aliphatic carbocycles. The molecule has 1 aromatic heterocycles. The number of carbonyl (C=O) groups excluding carboxylic acids is 2. The summed E-state index contributed by atoms with van der Waals surface area (Å²) in [5.41, 5.74) is 1.03. The summed E-state index contributed by atoms with van der Waals surface area (Å²) in [5, 5.41) is 17.9. The van der Waals surface area contributed by atoms with Crippen molar-refractivity contribution in [2.75, 3.05) is 30.3 Å². The van der Waals surface area contributed by atoms with Crippen LogP contribution >= 0.6 is 0 Å². The van der Waals surface area contributed by atoms with Crippen LogP contribution in [0, 0.1) is 18.3 Å². The van der Waals surface area contributed by atoms with E-state index in [1.54, 1.807) is 37.3 Å². The van der Waals surface area contributed by atoms with Crippen LogP contribution in [-0.4, -0.2) is 47.8 Å². The molecule has 1 atom stereocenters. The van der Waals surface area contributed by atoms with Crippen molar-refractivity contribution in [2.24, 2.45) is 0 Å². The Hall–Kier alpha value is -3.38. The van der Waals surface area contributed by atoms with E-state index in [1.807, 2.05) is 6.07 Å². The van der Waals surface area contributed by atoms with Crippen LogP contribution in [0.3, 0.4) is 0 Å². The molecule has 1 aliphatic rings. The summed E-state index contributed by atoms with van der Waals surface area (Å²) >= 11 is 0. The Morgan fingerprint density at radius 3 is 2.71 bits per heavy atom. The molecule has 0 saturated carbocycles. The molecule has 1 aromatic carbocycles. The number of hydrogen-bond donors (Lipinski definition) is 2. The Labute approximate surface area is 162 Å². The van der Waals surface area contributed by atoms with E-state index in [9.17, 15) is 9.59 Å². The number of aryl methyl sites for hydroxylation is 1. The summed E-state index contributed by atoms with van der Waals surface area (Å²) < 4.78 is 10.5. The number of amides is 3. The lowest BCUT2D eigenvalue weighted by molar-refractivity contribution is -0.117. The fourth-order valence-electron chi connectivity index (χ4n) is 2.87. The van der Waals surface area contributed by atoms with E-state index in [-0.39, 0.29) is 18.6 Å². The minimum Gasteiger partial charge on any atom is -0.376 e. The van der Waals surface area contributed by atoms with E-state index in [1.165, 1.54) is 4.90 Å². The van der Waals surface area contributed by atoms with Crippen LogP contribution in [-0.2, 0) is 9.53 Å². The Morgan fingerprint density at radius 2 is 2.11 bits per heavy atom. The first-order chi connectivity index (χ1) is 13.5. The standard InChI is InChI=1S/C19H21N5O4/c1-13-9-17(23-28-13)22-18(25)12-24(11-16-3-2-8-27-16)19(26)21-15-6-4-14(10-20)5-7-15/h4-7,9,16H,2-3,8,11-12H2,1H3,(H,21,26)(H,22,23,25)/t16-/m0/s1. The maximum absolute atomic E-state index is 12.7. The first-order valence-corrected chi connectivity index (χ1v) is 8.94. The summed E-state index contributed by atoms with van der Waals surface area (Å²) in [6.45, 7) is 2.51. The van der Waals surface area contributed by atoms with Crippen molar-refractivity contribution in [2.45, 2.75) is 25.9 Å². The first kappa shape index (κ1) is 19.4. The summed E-state index contributed by atoms with van der Waals surface area (Å²) in [5.74, 6) is 0.485. The number of hydrogen-bond acceptors (Lipinski definition) is 6. The largest absolute Gasteiger partial charge is 0.376 e. The summed E-state index contributed by atoms with van der Waals surface area (Å²) in [4.78, 5) is 26.5. The Balaban J connectivity index is 1.65. The Bertz CT molecular complexity index is 865. The fourth-order valence-corrected chi connectivity index (χ4v) is 2.87. The number of carbonyl (C=O) groups is 2. The number of ether oxygens (including phenoxy) is 1.